The summed E-state index contributed by atoms with van der Waals surface area (Å²) in [5.41, 5.74) is 0.669. The predicted octanol–water partition coefficient (Wildman–Crippen LogP) is 0.169. The Bertz CT molecular complexity index is 626. The number of aliphatic hydroxyl groups excluding tert-OH is 1. The van der Waals surface area contributed by atoms with Crippen LogP contribution in [0.15, 0.2) is 30.3 Å². The third-order valence-electron chi connectivity index (χ3n) is 5.56. The summed E-state index contributed by atoms with van der Waals surface area (Å²) < 4.78 is 16.5. The number of nitrogens with zero attached hydrogens (tertiary/aromatic N) is 3. The van der Waals surface area contributed by atoms with Gasteiger partial charge in [-0.2, -0.15) is 0 Å². The number of β-amino-alcohol motifs (C(OH)–C–C–N with tert-alkyl or cyclic N) is 1. The zero-order chi connectivity index (χ0) is 21.2. The number of carbonyl (C=O) groups excluding carboxylic acids is 1. The van der Waals surface area contributed by atoms with Gasteiger partial charge in [0, 0.05) is 65.0 Å². The van der Waals surface area contributed by atoms with Gasteiger partial charge in [-0.05, 0) is 12.1 Å². The Hall–Kier alpha value is -1.55. The third kappa shape index (κ3) is 7.30. The predicted molar refractivity (Wildman–Crippen MR) is 114 cm³/mol. The van der Waals surface area contributed by atoms with Gasteiger partial charge in [-0.15, -0.1) is 0 Å². The van der Waals surface area contributed by atoms with Crippen LogP contribution in [0.4, 0.5) is 0 Å². The normalized spacial score (nSPS) is 22.0. The lowest BCUT2D eigenvalue weighted by molar-refractivity contribution is -0.0564. The van der Waals surface area contributed by atoms with Gasteiger partial charge in [0.1, 0.15) is 0 Å². The first-order valence-corrected chi connectivity index (χ1v) is 10.8. The van der Waals surface area contributed by atoms with Crippen molar-refractivity contribution >= 4 is 5.91 Å². The molecule has 0 spiro atoms. The van der Waals surface area contributed by atoms with E-state index in [-0.39, 0.29) is 12.0 Å². The fourth-order valence-corrected chi connectivity index (χ4v) is 3.98. The van der Waals surface area contributed by atoms with Crippen LogP contribution in [-0.4, -0.2) is 124 Å². The molecule has 1 aromatic rings. The second kappa shape index (κ2) is 12.3. The van der Waals surface area contributed by atoms with E-state index in [0.29, 0.717) is 51.5 Å². The molecule has 2 unspecified atom stereocenters. The van der Waals surface area contributed by atoms with Crippen LogP contribution in [0.2, 0.25) is 0 Å². The zero-order valence-corrected chi connectivity index (χ0v) is 17.9. The Morgan fingerprint density at radius 3 is 2.60 bits per heavy atom. The molecule has 2 aliphatic rings. The fourth-order valence-electron chi connectivity index (χ4n) is 3.98. The number of benzene rings is 1. The summed E-state index contributed by atoms with van der Waals surface area (Å²) in [6.07, 6.45) is -0.490. The highest BCUT2D eigenvalue weighted by Crippen LogP contribution is 2.12. The van der Waals surface area contributed by atoms with E-state index in [0.717, 1.165) is 32.8 Å². The number of carbonyl (C=O) groups is 1. The minimum atomic E-state index is -0.405. The number of amides is 1. The monoisotopic (exact) mass is 421 g/mol. The number of ether oxygens (including phenoxy) is 3. The van der Waals surface area contributed by atoms with Gasteiger partial charge in [0.2, 0.25) is 0 Å². The zero-order valence-electron chi connectivity index (χ0n) is 17.9. The van der Waals surface area contributed by atoms with Gasteiger partial charge in [-0.25, -0.2) is 0 Å². The standard InChI is InChI=1S/C22H35N3O5/c1-28-11-10-25(22(27)19-5-3-2-4-6-19)18-21-17-24(9-14-30-21)16-20(26)15-23-7-12-29-13-8-23/h2-6,20-21,26H,7-18H2,1H3. The lowest BCUT2D eigenvalue weighted by atomic mass is 10.1. The first-order chi connectivity index (χ1) is 14.7. The minimum Gasteiger partial charge on any atom is -0.390 e. The maximum Gasteiger partial charge on any atom is 0.254 e. The van der Waals surface area contributed by atoms with E-state index in [2.05, 4.69) is 9.80 Å². The molecule has 2 fully saturated rings. The van der Waals surface area contributed by atoms with Crippen LogP contribution in [0.1, 0.15) is 10.4 Å². The second-order valence-corrected chi connectivity index (χ2v) is 7.93. The number of hydrogen-bond acceptors (Lipinski definition) is 7. The number of aliphatic hydroxyl groups is 1. The molecule has 8 nitrogen and oxygen atoms in total. The summed E-state index contributed by atoms with van der Waals surface area (Å²) in [4.78, 5) is 19.2. The third-order valence-corrected chi connectivity index (χ3v) is 5.56. The first kappa shape index (κ1) is 23.1. The van der Waals surface area contributed by atoms with E-state index < -0.39 is 6.10 Å². The van der Waals surface area contributed by atoms with Crippen LogP contribution < -0.4 is 0 Å². The van der Waals surface area contributed by atoms with Crippen molar-refractivity contribution < 1.29 is 24.1 Å². The van der Waals surface area contributed by atoms with Gasteiger partial charge in [0.15, 0.2) is 0 Å². The molecule has 1 aromatic carbocycles. The van der Waals surface area contributed by atoms with Crippen LogP contribution in [0.25, 0.3) is 0 Å². The van der Waals surface area contributed by atoms with Crippen molar-refractivity contribution in [2.75, 3.05) is 85.9 Å². The molecule has 1 N–H and O–H groups in total. The maximum atomic E-state index is 13.0. The summed E-state index contributed by atoms with van der Waals surface area (Å²) in [6.45, 7) is 8.10. The number of morpholine rings is 2. The van der Waals surface area contributed by atoms with Gasteiger partial charge in [-0.3, -0.25) is 14.6 Å². The molecule has 2 aliphatic heterocycles. The average molecular weight is 422 g/mol. The van der Waals surface area contributed by atoms with Crippen LogP contribution in [0.5, 0.6) is 0 Å². The van der Waals surface area contributed by atoms with Crippen molar-refractivity contribution in [1.29, 1.82) is 0 Å². The topological polar surface area (TPSA) is 74.7 Å². The molecule has 1 amide bonds. The summed E-state index contributed by atoms with van der Waals surface area (Å²) in [5, 5.41) is 10.5. The Morgan fingerprint density at radius 1 is 1.17 bits per heavy atom. The first-order valence-electron chi connectivity index (χ1n) is 10.8. The average Bonchev–Trinajstić information content (AvgIpc) is 2.77. The largest absolute Gasteiger partial charge is 0.390 e. The Labute approximate surface area is 179 Å². The quantitative estimate of drug-likeness (QED) is 0.577. The van der Waals surface area contributed by atoms with Gasteiger partial charge < -0.3 is 24.2 Å². The highest BCUT2D eigenvalue weighted by Gasteiger charge is 2.27. The molecule has 168 valence electrons. The lowest BCUT2D eigenvalue weighted by Gasteiger charge is -2.37. The fraction of sp³-hybridized carbons (Fsp3) is 0.682. The van der Waals surface area contributed by atoms with E-state index in [4.69, 9.17) is 14.2 Å². The molecule has 0 radical (unpaired) electrons. The molecule has 2 atom stereocenters. The molecular weight excluding hydrogens is 386 g/mol. The number of methoxy groups -OCH3 is 1. The van der Waals surface area contributed by atoms with E-state index in [1.165, 1.54) is 0 Å². The Kier molecular flexibility index (Phi) is 9.51. The van der Waals surface area contributed by atoms with E-state index in [1.54, 1.807) is 12.0 Å². The van der Waals surface area contributed by atoms with Crippen molar-refractivity contribution in [3.63, 3.8) is 0 Å². The van der Waals surface area contributed by atoms with Crippen molar-refractivity contribution in [1.82, 2.24) is 14.7 Å². The van der Waals surface area contributed by atoms with E-state index in [9.17, 15) is 9.90 Å². The minimum absolute atomic E-state index is 0.0132. The van der Waals surface area contributed by atoms with E-state index in [1.807, 2.05) is 30.3 Å². The van der Waals surface area contributed by atoms with Crippen molar-refractivity contribution in [3.8, 4) is 0 Å². The number of hydrogen-bond donors (Lipinski definition) is 1. The van der Waals surface area contributed by atoms with Crippen LogP contribution in [0.3, 0.4) is 0 Å². The summed E-state index contributed by atoms with van der Waals surface area (Å²) in [5.74, 6) is -0.0132. The summed E-state index contributed by atoms with van der Waals surface area (Å²) >= 11 is 0. The molecule has 0 saturated carbocycles. The molecule has 0 aromatic heterocycles. The van der Waals surface area contributed by atoms with Crippen molar-refractivity contribution in [2.24, 2.45) is 0 Å². The number of rotatable bonds is 10. The molecule has 30 heavy (non-hydrogen) atoms. The molecule has 0 bridgehead atoms. The molecule has 2 saturated heterocycles. The maximum absolute atomic E-state index is 13.0. The van der Waals surface area contributed by atoms with E-state index >= 15 is 0 Å². The highest BCUT2D eigenvalue weighted by atomic mass is 16.5. The second-order valence-electron chi connectivity index (χ2n) is 7.93. The SMILES string of the molecule is COCCN(CC1CN(CC(O)CN2CCOCC2)CCO1)C(=O)c1ccccc1. The Morgan fingerprint density at radius 2 is 1.87 bits per heavy atom. The lowest BCUT2D eigenvalue weighted by Crippen LogP contribution is -2.52. The van der Waals surface area contributed by atoms with Crippen LogP contribution in [0, 0.1) is 0 Å². The van der Waals surface area contributed by atoms with Gasteiger partial charge in [0.05, 0.1) is 38.6 Å². The van der Waals surface area contributed by atoms with Gasteiger partial charge in [-0.1, -0.05) is 18.2 Å². The summed E-state index contributed by atoms with van der Waals surface area (Å²) in [6, 6.07) is 9.31. The van der Waals surface area contributed by atoms with Crippen molar-refractivity contribution in [2.45, 2.75) is 12.2 Å². The molecule has 0 aliphatic carbocycles. The Balaban J connectivity index is 1.51. The van der Waals surface area contributed by atoms with Gasteiger partial charge >= 0.3 is 0 Å². The molecule has 3 rings (SSSR count). The van der Waals surface area contributed by atoms with Crippen LogP contribution >= 0.6 is 0 Å². The highest BCUT2D eigenvalue weighted by molar-refractivity contribution is 5.94. The molecule has 8 heteroatoms. The van der Waals surface area contributed by atoms with Crippen LogP contribution in [-0.2, 0) is 14.2 Å². The molecular formula is C22H35N3O5. The van der Waals surface area contributed by atoms with Crippen molar-refractivity contribution in [3.05, 3.63) is 35.9 Å². The van der Waals surface area contributed by atoms with Gasteiger partial charge in [0.25, 0.3) is 5.91 Å². The smallest absolute Gasteiger partial charge is 0.254 e. The molecule has 2 heterocycles. The summed E-state index contributed by atoms with van der Waals surface area (Å²) in [7, 11) is 1.64.